The van der Waals surface area contributed by atoms with Gasteiger partial charge in [-0.2, -0.15) is 0 Å². The molecule has 4 rings (SSSR count). The third-order valence-corrected chi connectivity index (χ3v) is 5.08. The Bertz CT molecular complexity index is 810. The zero-order valence-electron chi connectivity index (χ0n) is 13.5. The van der Waals surface area contributed by atoms with Crippen LogP contribution >= 0.6 is 11.6 Å². The number of halogens is 1. The molecule has 0 bridgehead atoms. The predicted molar refractivity (Wildman–Crippen MR) is 93.1 cm³/mol. The number of nitrogens with zero attached hydrogens (tertiary/aromatic N) is 1. The van der Waals surface area contributed by atoms with Gasteiger partial charge in [0.05, 0.1) is 0 Å². The molecule has 0 aromatic heterocycles. The Morgan fingerprint density at radius 2 is 1.88 bits per heavy atom. The van der Waals surface area contributed by atoms with Gasteiger partial charge in [-0.1, -0.05) is 29.8 Å². The smallest absolute Gasteiger partial charge is 0.333 e. The van der Waals surface area contributed by atoms with Crippen LogP contribution < -0.4 is 4.74 Å². The summed E-state index contributed by atoms with van der Waals surface area (Å²) in [6.45, 7) is 1.05. The van der Waals surface area contributed by atoms with Crippen LogP contribution in [0, 0.1) is 0 Å². The lowest BCUT2D eigenvalue weighted by Gasteiger charge is -2.17. The van der Waals surface area contributed by atoms with E-state index in [4.69, 9.17) is 26.2 Å². The van der Waals surface area contributed by atoms with Gasteiger partial charge in [0.15, 0.2) is 0 Å². The number of likely N-dealkylation sites (tertiary alicyclic amines) is 1. The van der Waals surface area contributed by atoms with Gasteiger partial charge in [0.2, 0.25) is 0 Å². The number of ether oxygens (including phenoxy) is 2. The molecule has 1 saturated heterocycles. The van der Waals surface area contributed by atoms with E-state index in [1.807, 2.05) is 36.4 Å². The molecule has 25 heavy (non-hydrogen) atoms. The van der Waals surface area contributed by atoms with Crippen molar-refractivity contribution in [2.45, 2.75) is 11.8 Å². The fourth-order valence-corrected chi connectivity index (χ4v) is 3.91. The average Bonchev–Trinajstić information content (AvgIpc) is 3.00. The second-order valence-electron chi connectivity index (χ2n) is 6.37. The third kappa shape index (κ3) is 3.11. The summed E-state index contributed by atoms with van der Waals surface area (Å²) >= 11 is 6.22. The Morgan fingerprint density at radius 3 is 2.68 bits per heavy atom. The van der Waals surface area contributed by atoms with Gasteiger partial charge in [-0.15, -0.1) is 0 Å². The molecule has 0 spiro atoms. The summed E-state index contributed by atoms with van der Waals surface area (Å²) in [4.78, 5) is 13.3. The zero-order valence-corrected chi connectivity index (χ0v) is 14.3. The highest BCUT2D eigenvalue weighted by molar-refractivity contribution is 6.30. The third-order valence-electron chi connectivity index (χ3n) is 4.84. The first-order chi connectivity index (χ1) is 12.2. The molecule has 2 atom stereocenters. The van der Waals surface area contributed by atoms with E-state index in [0.29, 0.717) is 5.02 Å². The number of rotatable bonds is 3. The largest absolute Gasteiger partial charge is 0.457 e. The fourth-order valence-electron chi connectivity index (χ4n) is 3.73. The Balaban J connectivity index is 1.69. The van der Waals surface area contributed by atoms with Crippen LogP contribution in [0.1, 0.15) is 23.0 Å². The number of fused-ring (bicyclic) bond motifs is 5. The minimum Gasteiger partial charge on any atom is -0.457 e. The van der Waals surface area contributed by atoms with Crippen molar-refractivity contribution in [3.63, 3.8) is 0 Å². The molecule has 0 amide bonds. The minimum absolute atomic E-state index is 0.172. The molecule has 2 aromatic carbocycles. The molecule has 0 aliphatic carbocycles. The summed E-state index contributed by atoms with van der Waals surface area (Å²) < 4.78 is 11.2. The first kappa shape index (κ1) is 16.4. The van der Waals surface area contributed by atoms with Gasteiger partial charge in [-0.25, -0.2) is 4.79 Å². The molecule has 5 nitrogen and oxygen atoms in total. The Kier molecular flexibility index (Phi) is 4.37. The summed E-state index contributed by atoms with van der Waals surface area (Å²) in [6.07, 6.45) is 0. The van der Waals surface area contributed by atoms with Crippen molar-refractivity contribution in [3.05, 3.63) is 58.6 Å². The van der Waals surface area contributed by atoms with Crippen molar-refractivity contribution in [2.24, 2.45) is 0 Å². The topological polar surface area (TPSA) is 59.0 Å². The highest BCUT2D eigenvalue weighted by Gasteiger charge is 2.40. The number of esters is 1. The summed E-state index contributed by atoms with van der Waals surface area (Å²) in [5.41, 5.74) is 2.22. The summed E-state index contributed by atoms with van der Waals surface area (Å²) in [5.74, 6) is 1.49. The van der Waals surface area contributed by atoms with Crippen LogP contribution in [0.25, 0.3) is 0 Å². The number of aliphatic hydroxyl groups is 1. The monoisotopic (exact) mass is 359 g/mol. The lowest BCUT2D eigenvalue weighted by atomic mass is 9.84. The number of hydrogen-bond donors (Lipinski definition) is 1. The molecule has 0 radical (unpaired) electrons. The second kappa shape index (κ2) is 6.67. The molecule has 2 heterocycles. The van der Waals surface area contributed by atoms with E-state index in [1.54, 1.807) is 0 Å². The number of hydrogen-bond acceptors (Lipinski definition) is 5. The number of carbonyl (C=O) groups excluding carboxylic acids is 1. The molecule has 1 N–H and O–H groups in total. The fraction of sp³-hybridized carbons (Fsp3) is 0.316. The van der Waals surface area contributed by atoms with E-state index in [0.717, 1.165) is 35.7 Å². The van der Waals surface area contributed by atoms with E-state index in [1.165, 1.54) is 0 Å². The van der Waals surface area contributed by atoms with Crippen molar-refractivity contribution in [1.82, 2.24) is 4.90 Å². The maximum Gasteiger partial charge on any atom is 0.333 e. The highest BCUT2D eigenvalue weighted by atomic mass is 35.5. The number of benzene rings is 2. The van der Waals surface area contributed by atoms with E-state index < -0.39 is 12.6 Å². The van der Waals surface area contributed by atoms with Crippen LogP contribution in [0.15, 0.2) is 42.5 Å². The summed E-state index contributed by atoms with van der Waals surface area (Å²) in [6, 6.07) is 13.7. The van der Waals surface area contributed by atoms with Gasteiger partial charge >= 0.3 is 5.97 Å². The zero-order chi connectivity index (χ0) is 17.4. The normalized spacial score (nSPS) is 21.5. The molecule has 2 aliphatic rings. The van der Waals surface area contributed by atoms with Crippen LogP contribution in [0.2, 0.25) is 5.02 Å². The molecular weight excluding hydrogens is 342 g/mol. The van der Waals surface area contributed by atoms with Crippen LogP contribution in [0.4, 0.5) is 0 Å². The van der Waals surface area contributed by atoms with Crippen molar-refractivity contribution >= 4 is 17.6 Å². The highest BCUT2D eigenvalue weighted by Crippen LogP contribution is 2.50. The maximum absolute atomic E-state index is 11.2. The lowest BCUT2D eigenvalue weighted by molar-refractivity contribution is -0.151. The van der Waals surface area contributed by atoms with Gasteiger partial charge in [0.25, 0.3) is 0 Å². The molecule has 130 valence electrons. The number of para-hydroxylation sites is 1. The minimum atomic E-state index is -0.612. The van der Waals surface area contributed by atoms with Crippen LogP contribution in [0.3, 0.4) is 0 Å². The molecule has 2 unspecified atom stereocenters. The van der Waals surface area contributed by atoms with E-state index in [2.05, 4.69) is 11.0 Å². The summed E-state index contributed by atoms with van der Waals surface area (Å²) in [7, 11) is 0. The molecule has 2 aliphatic heterocycles. The van der Waals surface area contributed by atoms with Crippen LogP contribution in [-0.2, 0) is 9.53 Å². The SMILES string of the molecule is O=C(CO)OCN1CC2c3ccccc3Oc3ccc(Cl)cc3C2C1. The Hall–Kier alpha value is -2.08. The Morgan fingerprint density at radius 1 is 1.16 bits per heavy atom. The van der Waals surface area contributed by atoms with Gasteiger partial charge in [-0.3, -0.25) is 4.90 Å². The first-order valence-corrected chi connectivity index (χ1v) is 8.58. The first-order valence-electron chi connectivity index (χ1n) is 8.21. The number of aliphatic hydroxyl groups excluding tert-OH is 1. The van der Waals surface area contributed by atoms with E-state index >= 15 is 0 Å². The maximum atomic E-state index is 11.2. The van der Waals surface area contributed by atoms with Crippen molar-refractivity contribution in [2.75, 3.05) is 26.4 Å². The lowest BCUT2D eigenvalue weighted by Crippen LogP contribution is -2.27. The second-order valence-corrected chi connectivity index (χ2v) is 6.81. The van der Waals surface area contributed by atoms with Gasteiger partial charge in [0.1, 0.15) is 24.8 Å². The van der Waals surface area contributed by atoms with Crippen LogP contribution in [0.5, 0.6) is 11.5 Å². The van der Waals surface area contributed by atoms with Crippen molar-refractivity contribution in [3.8, 4) is 11.5 Å². The Labute approximate surface area is 150 Å². The van der Waals surface area contributed by atoms with Crippen LogP contribution in [-0.4, -0.2) is 42.4 Å². The molecular formula is C19H18ClNO4. The quantitative estimate of drug-likeness (QED) is 0.853. The molecule has 6 heteroatoms. The standard InChI is InChI=1S/C19H18ClNO4/c20-12-5-6-18-14(7-12)16-9-21(11-24-19(23)10-22)8-15(16)13-3-1-2-4-17(13)25-18/h1-7,15-16,22H,8-11H2. The predicted octanol–water partition coefficient (Wildman–Crippen LogP) is 3.12. The van der Waals surface area contributed by atoms with Crippen molar-refractivity contribution in [1.29, 1.82) is 0 Å². The van der Waals surface area contributed by atoms with Gasteiger partial charge in [-0.05, 0) is 29.8 Å². The van der Waals surface area contributed by atoms with E-state index in [9.17, 15) is 4.79 Å². The summed E-state index contributed by atoms with van der Waals surface area (Å²) in [5, 5.41) is 9.50. The molecule has 1 fully saturated rings. The number of carbonyl (C=O) groups is 1. The van der Waals surface area contributed by atoms with E-state index in [-0.39, 0.29) is 18.6 Å². The van der Waals surface area contributed by atoms with Gasteiger partial charge < -0.3 is 14.6 Å². The molecule has 0 saturated carbocycles. The van der Waals surface area contributed by atoms with Crippen molar-refractivity contribution < 1.29 is 19.4 Å². The average molecular weight is 360 g/mol. The molecule has 2 aromatic rings. The van der Waals surface area contributed by atoms with Gasteiger partial charge in [0, 0.05) is 35.5 Å².